The Balaban J connectivity index is 1.19. The van der Waals surface area contributed by atoms with Gasteiger partial charge in [0.25, 0.3) is 0 Å². The highest BCUT2D eigenvalue weighted by Crippen LogP contribution is 2.44. The molecule has 0 aliphatic rings. The molecule has 0 saturated heterocycles. The number of benzene rings is 9. The molecule has 2 heterocycles. The van der Waals surface area contributed by atoms with E-state index in [-0.39, 0.29) is 0 Å². The van der Waals surface area contributed by atoms with Gasteiger partial charge in [-0.1, -0.05) is 115 Å². The number of fused-ring (bicyclic) bond motifs is 9. The summed E-state index contributed by atoms with van der Waals surface area (Å²) in [7, 11) is 0. The summed E-state index contributed by atoms with van der Waals surface area (Å²) in [4.78, 5) is 2.40. The monoisotopic (exact) mass is 692 g/mol. The van der Waals surface area contributed by atoms with Gasteiger partial charge in [-0.05, 0) is 112 Å². The van der Waals surface area contributed by atoms with Gasteiger partial charge in [-0.25, -0.2) is 0 Å². The fourth-order valence-corrected chi connectivity index (χ4v) is 9.38. The quantitative estimate of drug-likeness (QED) is 0.174. The van der Waals surface area contributed by atoms with E-state index < -0.39 is 0 Å². The first-order valence-electron chi connectivity index (χ1n) is 18.1. The molecule has 11 aromatic rings. The molecule has 0 aliphatic heterocycles. The third-order valence-electron chi connectivity index (χ3n) is 10.7. The van der Waals surface area contributed by atoms with Crippen LogP contribution in [0.4, 0.5) is 17.1 Å². The van der Waals surface area contributed by atoms with Crippen molar-refractivity contribution < 1.29 is 0 Å². The molecule has 3 heteroatoms. The van der Waals surface area contributed by atoms with Gasteiger partial charge >= 0.3 is 0 Å². The number of nitrogens with zero attached hydrogens (tertiary/aromatic N) is 2. The summed E-state index contributed by atoms with van der Waals surface area (Å²) in [6, 6.07) is 71.0. The summed E-state index contributed by atoms with van der Waals surface area (Å²) in [5.41, 5.74) is 9.32. The van der Waals surface area contributed by atoms with E-state index in [1.165, 1.54) is 74.6 Å². The van der Waals surface area contributed by atoms with Crippen LogP contribution in [-0.2, 0) is 0 Å². The SMILES string of the molecule is c1ccc(-c2ccc(N(c3ccc4ccccc4c3)c3ccc4c(c3)c3c5cc6c(cc5ccc3n4-c3ccccc3)sc3ccccc36)cc2)cc1. The van der Waals surface area contributed by atoms with E-state index in [9.17, 15) is 0 Å². The Morgan fingerprint density at radius 3 is 1.85 bits per heavy atom. The van der Waals surface area contributed by atoms with Crippen molar-refractivity contribution in [2.75, 3.05) is 4.90 Å². The Bertz CT molecular complexity index is 3160. The normalized spacial score (nSPS) is 11.8. The second kappa shape index (κ2) is 11.9. The zero-order valence-corrected chi connectivity index (χ0v) is 29.6. The van der Waals surface area contributed by atoms with Gasteiger partial charge in [0.1, 0.15) is 0 Å². The molecule has 2 nitrogen and oxygen atoms in total. The van der Waals surface area contributed by atoms with Crippen LogP contribution < -0.4 is 4.90 Å². The maximum absolute atomic E-state index is 2.44. The second-order valence-electron chi connectivity index (χ2n) is 13.8. The predicted molar refractivity (Wildman–Crippen MR) is 229 cm³/mol. The highest BCUT2D eigenvalue weighted by Gasteiger charge is 2.20. The van der Waals surface area contributed by atoms with Gasteiger partial charge in [-0.3, -0.25) is 0 Å². The van der Waals surface area contributed by atoms with Crippen molar-refractivity contribution in [1.29, 1.82) is 0 Å². The standard InChI is InChI=1S/C50H32N2S/c1-3-11-33(12-4-1)35-19-23-39(24-20-35)51(40-25-21-34-13-7-8-14-36(34)29-40)41-26-28-46-45(31-41)50-43-32-44-42-17-9-10-18-48(42)53-49(44)30-37(43)22-27-47(50)52(46)38-15-5-2-6-16-38/h1-32H. The second-order valence-corrected chi connectivity index (χ2v) is 14.9. The van der Waals surface area contributed by atoms with Crippen LogP contribution in [0.3, 0.4) is 0 Å². The van der Waals surface area contributed by atoms with Crippen LogP contribution in [-0.4, -0.2) is 4.57 Å². The molecule has 0 saturated carbocycles. The number of para-hydroxylation sites is 1. The Morgan fingerprint density at radius 2 is 1.00 bits per heavy atom. The maximum atomic E-state index is 2.44. The average Bonchev–Trinajstić information content (AvgIpc) is 3.76. The molecule has 0 aliphatic carbocycles. The third-order valence-corrected chi connectivity index (χ3v) is 11.9. The molecule has 0 amide bonds. The molecule has 0 spiro atoms. The molecule has 9 aromatic carbocycles. The maximum Gasteiger partial charge on any atom is 0.0547 e. The highest BCUT2D eigenvalue weighted by molar-refractivity contribution is 7.25. The first-order chi connectivity index (χ1) is 26.3. The number of hydrogen-bond acceptors (Lipinski definition) is 2. The number of hydrogen-bond donors (Lipinski definition) is 0. The molecular formula is C50H32N2S. The van der Waals surface area contributed by atoms with Crippen molar-refractivity contribution in [3.63, 3.8) is 0 Å². The molecule has 0 unspecified atom stereocenters. The fourth-order valence-electron chi connectivity index (χ4n) is 8.24. The Kier molecular flexibility index (Phi) is 6.76. The number of anilines is 3. The molecular weight excluding hydrogens is 661 g/mol. The van der Waals surface area contributed by atoms with E-state index in [4.69, 9.17) is 0 Å². The molecule has 53 heavy (non-hydrogen) atoms. The number of rotatable bonds is 5. The van der Waals surface area contributed by atoms with E-state index in [2.05, 4.69) is 204 Å². The first kappa shape index (κ1) is 30.0. The average molecular weight is 693 g/mol. The molecule has 248 valence electrons. The zero-order valence-electron chi connectivity index (χ0n) is 28.8. The Morgan fingerprint density at radius 1 is 0.358 bits per heavy atom. The van der Waals surface area contributed by atoms with Crippen molar-refractivity contribution in [2.24, 2.45) is 0 Å². The first-order valence-corrected chi connectivity index (χ1v) is 18.9. The molecule has 11 rings (SSSR count). The van der Waals surface area contributed by atoms with Gasteiger partial charge in [0.05, 0.1) is 11.0 Å². The molecule has 0 bridgehead atoms. The summed E-state index contributed by atoms with van der Waals surface area (Å²) in [6.07, 6.45) is 0. The van der Waals surface area contributed by atoms with Gasteiger partial charge in [-0.2, -0.15) is 0 Å². The van der Waals surface area contributed by atoms with Crippen LogP contribution in [0.1, 0.15) is 0 Å². The van der Waals surface area contributed by atoms with Gasteiger partial charge in [0, 0.05) is 53.7 Å². The van der Waals surface area contributed by atoms with Gasteiger partial charge in [-0.15, -0.1) is 11.3 Å². The van der Waals surface area contributed by atoms with Gasteiger partial charge in [0.2, 0.25) is 0 Å². The minimum Gasteiger partial charge on any atom is -0.310 e. The molecule has 0 atom stereocenters. The summed E-state index contributed by atoms with van der Waals surface area (Å²) < 4.78 is 5.08. The Hall–Kier alpha value is -6.68. The van der Waals surface area contributed by atoms with Gasteiger partial charge < -0.3 is 9.47 Å². The van der Waals surface area contributed by atoms with Crippen LogP contribution in [0.2, 0.25) is 0 Å². The molecule has 0 radical (unpaired) electrons. The number of aromatic nitrogens is 1. The topological polar surface area (TPSA) is 8.17 Å². The Labute approximate surface area is 311 Å². The van der Waals surface area contributed by atoms with E-state index in [0.29, 0.717) is 0 Å². The fraction of sp³-hybridized carbons (Fsp3) is 0. The van der Waals surface area contributed by atoms with E-state index in [1.54, 1.807) is 0 Å². The minimum atomic E-state index is 1.11. The van der Waals surface area contributed by atoms with E-state index >= 15 is 0 Å². The minimum absolute atomic E-state index is 1.11. The lowest BCUT2D eigenvalue weighted by atomic mass is 10.0. The van der Waals surface area contributed by atoms with Crippen molar-refractivity contribution in [1.82, 2.24) is 4.57 Å². The molecule has 2 aromatic heterocycles. The lowest BCUT2D eigenvalue weighted by Gasteiger charge is -2.26. The van der Waals surface area contributed by atoms with Crippen molar-refractivity contribution >= 4 is 91.9 Å². The zero-order chi connectivity index (χ0) is 34.9. The summed E-state index contributed by atoms with van der Waals surface area (Å²) in [5, 5.41) is 10.1. The molecule has 0 N–H and O–H groups in total. The van der Waals surface area contributed by atoms with E-state index in [0.717, 1.165) is 22.7 Å². The van der Waals surface area contributed by atoms with Crippen LogP contribution in [0, 0.1) is 0 Å². The largest absolute Gasteiger partial charge is 0.310 e. The lowest BCUT2D eigenvalue weighted by molar-refractivity contribution is 1.18. The predicted octanol–water partition coefficient (Wildman–Crippen LogP) is 14.6. The summed E-state index contributed by atoms with van der Waals surface area (Å²) in [5.74, 6) is 0. The summed E-state index contributed by atoms with van der Waals surface area (Å²) in [6.45, 7) is 0. The highest BCUT2D eigenvalue weighted by atomic mass is 32.1. The van der Waals surface area contributed by atoms with E-state index in [1.807, 2.05) is 11.3 Å². The third kappa shape index (κ3) is 4.86. The lowest BCUT2D eigenvalue weighted by Crippen LogP contribution is -2.10. The smallest absolute Gasteiger partial charge is 0.0547 e. The number of thiophene rings is 1. The van der Waals surface area contributed by atoms with Crippen molar-refractivity contribution in [2.45, 2.75) is 0 Å². The molecule has 0 fully saturated rings. The van der Waals surface area contributed by atoms with Gasteiger partial charge in [0.15, 0.2) is 0 Å². The van der Waals surface area contributed by atoms with Crippen LogP contribution >= 0.6 is 11.3 Å². The van der Waals surface area contributed by atoms with Crippen LogP contribution in [0.5, 0.6) is 0 Å². The van der Waals surface area contributed by atoms with Crippen molar-refractivity contribution in [3.05, 3.63) is 194 Å². The van der Waals surface area contributed by atoms with Crippen LogP contribution in [0.15, 0.2) is 194 Å². The van der Waals surface area contributed by atoms with Crippen molar-refractivity contribution in [3.8, 4) is 16.8 Å². The summed E-state index contributed by atoms with van der Waals surface area (Å²) >= 11 is 1.88. The van der Waals surface area contributed by atoms with Crippen LogP contribution in [0.25, 0.3) is 80.3 Å².